The fourth-order valence-electron chi connectivity index (χ4n) is 1.49. The molecule has 6 nitrogen and oxygen atoms in total. The Balaban J connectivity index is 3.09. The van der Waals surface area contributed by atoms with Crippen molar-refractivity contribution in [2.45, 2.75) is 19.4 Å². The number of aliphatic hydroxyl groups excluding tert-OH is 1. The molecule has 102 valence electrons. The van der Waals surface area contributed by atoms with E-state index in [1.54, 1.807) is 0 Å². The van der Waals surface area contributed by atoms with Gasteiger partial charge < -0.3 is 5.11 Å². The van der Waals surface area contributed by atoms with Crippen molar-refractivity contribution in [2.24, 2.45) is 7.05 Å². The van der Waals surface area contributed by atoms with Gasteiger partial charge in [0.15, 0.2) is 0 Å². The molecule has 1 aromatic heterocycles. The van der Waals surface area contributed by atoms with E-state index in [4.69, 9.17) is 9.94 Å². The Morgan fingerprint density at radius 1 is 1.67 bits per heavy atom. The largest absolute Gasteiger partial charge is 0.394 e. The predicted molar refractivity (Wildman–Crippen MR) is 57.9 cm³/mol. The average Bonchev–Trinajstić information content (AvgIpc) is 2.72. The maximum Gasteiger partial charge on any atom is 0.282 e. The van der Waals surface area contributed by atoms with Gasteiger partial charge >= 0.3 is 0 Å². The summed E-state index contributed by atoms with van der Waals surface area (Å²) in [4.78, 5) is 16.8. The Morgan fingerprint density at radius 3 is 2.72 bits per heavy atom. The van der Waals surface area contributed by atoms with Gasteiger partial charge in [-0.05, 0) is 6.92 Å². The van der Waals surface area contributed by atoms with Crippen molar-refractivity contribution in [2.75, 3.05) is 13.7 Å². The summed E-state index contributed by atoms with van der Waals surface area (Å²) in [6.07, 6.45) is -1.66. The molecule has 0 unspecified atom stereocenters. The van der Waals surface area contributed by atoms with E-state index in [1.807, 2.05) is 0 Å². The highest BCUT2D eigenvalue weighted by Gasteiger charge is 2.28. The second kappa shape index (κ2) is 5.87. The third-order valence-electron chi connectivity index (χ3n) is 2.36. The van der Waals surface area contributed by atoms with Crippen molar-refractivity contribution >= 4 is 5.91 Å². The molecule has 0 saturated heterocycles. The van der Waals surface area contributed by atoms with E-state index in [0.717, 1.165) is 9.75 Å². The van der Waals surface area contributed by atoms with Crippen LogP contribution in [0.15, 0.2) is 6.20 Å². The Bertz CT molecular complexity index is 423. The fraction of sp³-hybridized carbons (Fsp3) is 0.600. The summed E-state index contributed by atoms with van der Waals surface area (Å²) in [5, 5.41) is 13.3. The first-order valence-corrected chi connectivity index (χ1v) is 5.22. The summed E-state index contributed by atoms with van der Waals surface area (Å²) in [7, 11) is 2.66. The van der Waals surface area contributed by atoms with E-state index in [1.165, 1.54) is 27.3 Å². The second-order valence-corrected chi connectivity index (χ2v) is 3.75. The minimum atomic E-state index is -2.85. The maximum atomic E-state index is 12.7. The predicted octanol–water partition coefficient (Wildman–Crippen LogP) is 0.742. The summed E-state index contributed by atoms with van der Waals surface area (Å²) < 4.78 is 26.6. The van der Waals surface area contributed by atoms with Crippen LogP contribution in [-0.4, -0.2) is 45.6 Å². The minimum Gasteiger partial charge on any atom is -0.394 e. The van der Waals surface area contributed by atoms with Gasteiger partial charge in [-0.3, -0.25) is 14.3 Å². The summed E-state index contributed by atoms with van der Waals surface area (Å²) >= 11 is 0. The fourth-order valence-corrected chi connectivity index (χ4v) is 1.49. The van der Waals surface area contributed by atoms with Crippen molar-refractivity contribution in [3.05, 3.63) is 17.5 Å². The molecule has 1 N–H and O–H groups in total. The van der Waals surface area contributed by atoms with Gasteiger partial charge in [0.05, 0.1) is 25.3 Å². The van der Waals surface area contributed by atoms with Crippen LogP contribution in [0.2, 0.25) is 0 Å². The first-order chi connectivity index (χ1) is 8.42. The topological polar surface area (TPSA) is 67.6 Å². The molecular formula is C10H15F2N3O3. The monoisotopic (exact) mass is 263 g/mol. The quantitative estimate of drug-likeness (QED) is 0.796. The van der Waals surface area contributed by atoms with E-state index >= 15 is 0 Å². The molecule has 0 fully saturated rings. The first-order valence-electron chi connectivity index (χ1n) is 5.22. The van der Waals surface area contributed by atoms with Crippen molar-refractivity contribution in [3.8, 4) is 0 Å². The number of aryl methyl sites for hydroxylation is 1. The van der Waals surface area contributed by atoms with Gasteiger partial charge in [0.1, 0.15) is 5.69 Å². The molecule has 8 heteroatoms. The molecule has 18 heavy (non-hydrogen) atoms. The second-order valence-electron chi connectivity index (χ2n) is 3.75. The lowest BCUT2D eigenvalue weighted by Gasteiger charge is -2.24. The molecule has 0 spiro atoms. The van der Waals surface area contributed by atoms with Crippen LogP contribution in [0, 0.1) is 0 Å². The molecule has 1 amide bonds. The van der Waals surface area contributed by atoms with Crippen LogP contribution in [0.25, 0.3) is 0 Å². The third-order valence-corrected chi connectivity index (χ3v) is 2.36. The van der Waals surface area contributed by atoms with Crippen LogP contribution in [0.5, 0.6) is 0 Å². The molecule has 1 atom stereocenters. The van der Waals surface area contributed by atoms with Crippen LogP contribution in [0.1, 0.15) is 29.4 Å². The van der Waals surface area contributed by atoms with Gasteiger partial charge in [0.25, 0.3) is 12.3 Å². The molecule has 0 aliphatic heterocycles. The number of rotatable bonds is 5. The molecular weight excluding hydrogens is 248 g/mol. The highest BCUT2D eigenvalue weighted by Crippen LogP contribution is 2.22. The van der Waals surface area contributed by atoms with Crippen molar-refractivity contribution in [3.63, 3.8) is 0 Å². The minimum absolute atomic E-state index is 0.241. The van der Waals surface area contributed by atoms with Crippen LogP contribution >= 0.6 is 0 Å². The van der Waals surface area contributed by atoms with Crippen molar-refractivity contribution in [1.82, 2.24) is 14.8 Å². The van der Waals surface area contributed by atoms with Crippen LogP contribution in [0.4, 0.5) is 8.78 Å². The number of aliphatic hydroxyl groups is 1. The van der Waals surface area contributed by atoms with Crippen molar-refractivity contribution in [1.29, 1.82) is 0 Å². The molecule has 0 bridgehead atoms. The lowest BCUT2D eigenvalue weighted by molar-refractivity contribution is -0.127. The van der Waals surface area contributed by atoms with Crippen LogP contribution in [0.3, 0.4) is 0 Å². The maximum absolute atomic E-state index is 12.7. The molecule has 0 saturated carbocycles. The molecule has 0 aliphatic carbocycles. The van der Waals surface area contributed by atoms with Crippen LogP contribution in [-0.2, 0) is 11.9 Å². The first kappa shape index (κ1) is 14.5. The Hall–Kier alpha value is -1.54. The van der Waals surface area contributed by atoms with E-state index in [-0.39, 0.29) is 12.2 Å². The van der Waals surface area contributed by atoms with E-state index < -0.39 is 24.1 Å². The summed E-state index contributed by atoms with van der Waals surface area (Å²) in [5.74, 6) is -0.762. The zero-order valence-corrected chi connectivity index (χ0v) is 10.3. The van der Waals surface area contributed by atoms with Gasteiger partial charge in [-0.1, -0.05) is 0 Å². The van der Waals surface area contributed by atoms with E-state index in [2.05, 4.69) is 5.10 Å². The number of alkyl halides is 2. The zero-order chi connectivity index (χ0) is 13.9. The highest BCUT2D eigenvalue weighted by atomic mass is 19.3. The number of aromatic nitrogens is 2. The number of carbonyl (C=O) groups is 1. The standard InChI is InChI=1S/C10H15F2N3O3/c1-6(5-16)15(18-3)10(17)7-4-14(2)13-8(7)9(11)12/h4,6,9,16H,5H2,1-3H3/t6-/m1/s1. The van der Waals surface area contributed by atoms with Gasteiger partial charge in [-0.2, -0.15) is 5.10 Å². The van der Waals surface area contributed by atoms with E-state index in [9.17, 15) is 13.6 Å². The summed E-state index contributed by atoms with van der Waals surface area (Å²) in [5.41, 5.74) is -0.843. The number of hydrogen-bond acceptors (Lipinski definition) is 4. The smallest absolute Gasteiger partial charge is 0.282 e. The lowest BCUT2D eigenvalue weighted by atomic mass is 10.2. The number of nitrogens with zero attached hydrogens (tertiary/aromatic N) is 3. The zero-order valence-electron chi connectivity index (χ0n) is 10.3. The molecule has 1 heterocycles. The number of halogens is 2. The van der Waals surface area contributed by atoms with E-state index in [0.29, 0.717) is 0 Å². The molecule has 0 radical (unpaired) electrons. The third kappa shape index (κ3) is 2.82. The van der Waals surface area contributed by atoms with Gasteiger partial charge in [0.2, 0.25) is 0 Å². The normalized spacial score (nSPS) is 12.8. The SMILES string of the molecule is CON(C(=O)c1cn(C)nc1C(F)F)[C@H](C)CO. The van der Waals surface area contributed by atoms with Gasteiger partial charge in [-0.25, -0.2) is 13.8 Å². The van der Waals surface area contributed by atoms with Gasteiger partial charge in [-0.15, -0.1) is 0 Å². The van der Waals surface area contributed by atoms with Gasteiger partial charge in [0, 0.05) is 13.2 Å². The Labute approximate surface area is 103 Å². The lowest BCUT2D eigenvalue weighted by Crippen LogP contribution is -2.40. The summed E-state index contributed by atoms with van der Waals surface area (Å²) in [6, 6.07) is -0.645. The summed E-state index contributed by atoms with van der Waals surface area (Å²) in [6.45, 7) is 1.18. The van der Waals surface area contributed by atoms with Crippen LogP contribution < -0.4 is 0 Å². The highest BCUT2D eigenvalue weighted by molar-refractivity contribution is 5.94. The number of hydroxylamine groups is 2. The Morgan fingerprint density at radius 2 is 2.28 bits per heavy atom. The van der Waals surface area contributed by atoms with Crippen molar-refractivity contribution < 1.29 is 23.5 Å². The average molecular weight is 263 g/mol. The number of hydrogen-bond donors (Lipinski definition) is 1. The molecule has 1 rings (SSSR count). The Kier molecular flexibility index (Phi) is 4.74. The number of carbonyl (C=O) groups excluding carboxylic acids is 1. The molecule has 0 aliphatic rings. The molecule has 1 aromatic rings. The number of amides is 1. The molecule has 0 aromatic carbocycles.